The van der Waals surface area contributed by atoms with E-state index in [9.17, 15) is 9.59 Å². The van der Waals surface area contributed by atoms with E-state index in [-0.39, 0.29) is 24.0 Å². The first-order valence-electron chi connectivity index (χ1n) is 9.70. The van der Waals surface area contributed by atoms with Crippen LogP contribution in [0.25, 0.3) is 0 Å². The quantitative estimate of drug-likeness (QED) is 0.756. The number of hydrogen-bond donors (Lipinski definition) is 0. The van der Waals surface area contributed by atoms with Crippen molar-refractivity contribution >= 4 is 11.9 Å². The lowest BCUT2D eigenvalue weighted by Gasteiger charge is -2.38. The molecule has 2 aliphatic rings. The van der Waals surface area contributed by atoms with E-state index < -0.39 is 0 Å². The molecule has 140 valence electrons. The molecule has 1 fully saturated rings. The van der Waals surface area contributed by atoms with Gasteiger partial charge in [0.05, 0.1) is 6.04 Å². The fraction of sp³-hybridized carbons (Fsp3) is 0.545. The van der Waals surface area contributed by atoms with Gasteiger partial charge in [0.1, 0.15) is 6.10 Å². The Labute approximate surface area is 156 Å². The minimum Gasteiger partial charge on any atom is -0.446 e. The zero-order valence-corrected chi connectivity index (χ0v) is 15.9. The van der Waals surface area contributed by atoms with Crippen molar-refractivity contribution in [2.45, 2.75) is 58.6 Å². The molecule has 1 saturated carbocycles. The molecule has 0 saturated heterocycles. The second-order valence-electron chi connectivity index (χ2n) is 8.07. The molecule has 0 spiro atoms. The zero-order valence-electron chi connectivity index (χ0n) is 15.9. The Bertz CT molecular complexity index is 667. The molecular formula is C22H29NO3. The third-order valence-electron chi connectivity index (χ3n) is 5.76. The Hall–Kier alpha value is -2.10. The van der Waals surface area contributed by atoms with Gasteiger partial charge in [0.25, 0.3) is 0 Å². The van der Waals surface area contributed by atoms with Crippen molar-refractivity contribution in [2.75, 3.05) is 0 Å². The molecule has 3 rings (SSSR count). The summed E-state index contributed by atoms with van der Waals surface area (Å²) in [6, 6.07) is 9.41. The highest BCUT2D eigenvalue weighted by atomic mass is 16.6. The Morgan fingerprint density at radius 1 is 1.19 bits per heavy atom. The maximum atomic E-state index is 13.0. The predicted molar refractivity (Wildman–Crippen MR) is 101 cm³/mol. The van der Waals surface area contributed by atoms with Crippen molar-refractivity contribution < 1.29 is 14.3 Å². The maximum Gasteiger partial charge on any atom is 0.414 e. The van der Waals surface area contributed by atoms with Gasteiger partial charge in [0, 0.05) is 12.6 Å². The van der Waals surface area contributed by atoms with Crippen molar-refractivity contribution in [1.29, 1.82) is 0 Å². The van der Waals surface area contributed by atoms with Gasteiger partial charge in [-0.05, 0) is 42.2 Å². The van der Waals surface area contributed by atoms with Gasteiger partial charge >= 0.3 is 6.09 Å². The van der Waals surface area contributed by atoms with E-state index in [1.165, 1.54) is 12.5 Å². The summed E-state index contributed by atoms with van der Waals surface area (Å²) in [5, 5.41) is 0. The van der Waals surface area contributed by atoms with Crippen LogP contribution in [0.1, 0.15) is 58.1 Å². The van der Waals surface area contributed by atoms with Gasteiger partial charge in [-0.1, -0.05) is 57.5 Å². The molecule has 0 radical (unpaired) electrons. The van der Waals surface area contributed by atoms with Crippen molar-refractivity contribution in [3.63, 3.8) is 0 Å². The van der Waals surface area contributed by atoms with Crippen LogP contribution in [-0.2, 0) is 9.53 Å². The van der Waals surface area contributed by atoms with Gasteiger partial charge in [0.15, 0.2) is 5.78 Å². The number of allylic oxidation sites excluding steroid dienone is 1. The monoisotopic (exact) mass is 355 g/mol. The first kappa shape index (κ1) is 18.7. The Morgan fingerprint density at radius 2 is 1.92 bits per heavy atom. The van der Waals surface area contributed by atoms with Crippen molar-refractivity contribution in [3.05, 3.63) is 48.2 Å². The number of carbonyl (C=O) groups is 2. The predicted octanol–water partition coefficient (Wildman–Crippen LogP) is 5.11. The number of ketones is 1. The highest BCUT2D eigenvalue weighted by Gasteiger charge is 2.36. The number of nitrogens with zero attached hydrogens (tertiary/aromatic N) is 1. The van der Waals surface area contributed by atoms with Crippen LogP contribution in [0.3, 0.4) is 0 Å². The Kier molecular flexibility index (Phi) is 5.80. The molecule has 1 heterocycles. The second-order valence-corrected chi connectivity index (χ2v) is 8.07. The average Bonchev–Trinajstić information content (AvgIpc) is 2.62. The molecule has 1 aliphatic carbocycles. The van der Waals surface area contributed by atoms with Gasteiger partial charge in [-0.2, -0.15) is 0 Å². The van der Waals surface area contributed by atoms with E-state index in [0.29, 0.717) is 24.2 Å². The standard InChI is InChI=1S/C22H29NO3/c1-15(2)19-10-9-16(3)13-21(19)26-22(25)23-12-11-18(24)14-20(23)17-7-5-4-6-8-17/h4-8,11-12,15-16,19-21H,9-10,13-14H2,1-3H3/t16-,19+,20+,21-/m1/s1. The van der Waals surface area contributed by atoms with E-state index in [1.54, 1.807) is 11.1 Å². The molecule has 0 bridgehead atoms. The first-order chi connectivity index (χ1) is 12.5. The average molecular weight is 355 g/mol. The molecular weight excluding hydrogens is 326 g/mol. The summed E-state index contributed by atoms with van der Waals surface area (Å²) >= 11 is 0. The normalized spacial score (nSPS) is 29.1. The molecule has 26 heavy (non-hydrogen) atoms. The summed E-state index contributed by atoms with van der Waals surface area (Å²) in [5.41, 5.74) is 0.958. The molecule has 0 N–H and O–H groups in total. The fourth-order valence-electron chi connectivity index (χ4n) is 4.21. The number of rotatable bonds is 3. The molecule has 4 atom stereocenters. The summed E-state index contributed by atoms with van der Waals surface area (Å²) < 4.78 is 5.99. The van der Waals surface area contributed by atoms with E-state index in [0.717, 1.165) is 18.4 Å². The van der Waals surface area contributed by atoms with Crippen molar-refractivity contribution in [1.82, 2.24) is 4.90 Å². The van der Waals surface area contributed by atoms with Crippen LogP contribution in [0.5, 0.6) is 0 Å². The largest absolute Gasteiger partial charge is 0.446 e. The van der Waals surface area contributed by atoms with E-state index in [1.807, 2.05) is 30.3 Å². The molecule has 1 aromatic rings. The number of hydrogen-bond acceptors (Lipinski definition) is 3. The topological polar surface area (TPSA) is 46.6 Å². The lowest BCUT2D eigenvalue weighted by molar-refractivity contribution is -0.116. The highest BCUT2D eigenvalue weighted by Crippen LogP contribution is 2.37. The summed E-state index contributed by atoms with van der Waals surface area (Å²) in [6.45, 7) is 6.63. The SMILES string of the molecule is CC(C)[C@@H]1CC[C@@H](C)C[C@H]1OC(=O)N1C=CC(=O)C[C@H]1c1ccccc1. The number of carbonyl (C=O) groups excluding carboxylic acids is 2. The first-order valence-corrected chi connectivity index (χ1v) is 9.70. The van der Waals surface area contributed by atoms with Crippen LogP contribution in [-0.4, -0.2) is 22.9 Å². The molecule has 1 aliphatic heterocycles. The van der Waals surface area contributed by atoms with Crippen LogP contribution in [0.15, 0.2) is 42.6 Å². The van der Waals surface area contributed by atoms with Crippen LogP contribution >= 0.6 is 0 Å². The van der Waals surface area contributed by atoms with Crippen LogP contribution in [0, 0.1) is 17.8 Å². The fourth-order valence-corrected chi connectivity index (χ4v) is 4.21. The zero-order chi connectivity index (χ0) is 18.7. The van der Waals surface area contributed by atoms with Gasteiger partial charge in [0.2, 0.25) is 0 Å². The summed E-state index contributed by atoms with van der Waals surface area (Å²) in [6.07, 6.45) is 6.19. The van der Waals surface area contributed by atoms with E-state index >= 15 is 0 Å². The van der Waals surface area contributed by atoms with Crippen LogP contribution in [0.4, 0.5) is 4.79 Å². The van der Waals surface area contributed by atoms with Crippen LogP contribution < -0.4 is 0 Å². The molecule has 4 nitrogen and oxygen atoms in total. The third-order valence-corrected chi connectivity index (χ3v) is 5.76. The summed E-state index contributed by atoms with van der Waals surface area (Å²) in [5.74, 6) is 1.50. The Morgan fingerprint density at radius 3 is 2.62 bits per heavy atom. The second kappa shape index (κ2) is 8.07. The molecule has 1 aromatic carbocycles. The molecule has 1 amide bonds. The number of ether oxygens (including phenoxy) is 1. The van der Waals surface area contributed by atoms with Crippen LogP contribution in [0.2, 0.25) is 0 Å². The van der Waals surface area contributed by atoms with Crippen molar-refractivity contribution in [2.24, 2.45) is 17.8 Å². The summed E-state index contributed by atoms with van der Waals surface area (Å²) in [4.78, 5) is 26.5. The Balaban J connectivity index is 1.78. The maximum absolute atomic E-state index is 13.0. The van der Waals surface area contributed by atoms with Gasteiger partial charge in [-0.15, -0.1) is 0 Å². The highest BCUT2D eigenvalue weighted by molar-refractivity contribution is 5.92. The van der Waals surface area contributed by atoms with E-state index in [2.05, 4.69) is 20.8 Å². The third kappa shape index (κ3) is 4.17. The minimum absolute atomic E-state index is 0.0363. The lowest BCUT2D eigenvalue weighted by atomic mass is 9.75. The van der Waals surface area contributed by atoms with Gasteiger partial charge in [-0.3, -0.25) is 9.69 Å². The molecule has 0 aromatic heterocycles. The number of amides is 1. The van der Waals surface area contributed by atoms with Crippen molar-refractivity contribution in [3.8, 4) is 0 Å². The summed E-state index contributed by atoms with van der Waals surface area (Å²) in [7, 11) is 0. The molecule has 4 heteroatoms. The van der Waals surface area contributed by atoms with Gasteiger partial charge in [-0.25, -0.2) is 4.79 Å². The number of benzene rings is 1. The smallest absolute Gasteiger partial charge is 0.414 e. The minimum atomic E-state index is -0.340. The van der Waals surface area contributed by atoms with Gasteiger partial charge < -0.3 is 4.74 Å². The molecule has 0 unspecified atom stereocenters. The van der Waals surface area contributed by atoms with E-state index in [4.69, 9.17) is 4.74 Å². The lowest BCUT2D eigenvalue weighted by Crippen LogP contribution is -2.41.